The molecule has 3 nitrogen and oxygen atoms in total. The van der Waals surface area contributed by atoms with E-state index in [1.54, 1.807) is 11.3 Å². The summed E-state index contributed by atoms with van der Waals surface area (Å²) in [5, 5.41) is 4.07. The van der Waals surface area contributed by atoms with Crippen molar-refractivity contribution in [3.8, 4) is 0 Å². The molecule has 0 aliphatic carbocycles. The lowest BCUT2D eigenvalue weighted by Gasteiger charge is -2.04. The van der Waals surface area contributed by atoms with Gasteiger partial charge in [0.2, 0.25) is 0 Å². The molecule has 4 heteroatoms. The van der Waals surface area contributed by atoms with Crippen molar-refractivity contribution in [2.45, 2.75) is 19.8 Å². The number of rotatable bonds is 4. The van der Waals surface area contributed by atoms with Crippen LogP contribution in [0.3, 0.4) is 0 Å². The maximum Gasteiger partial charge on any atom is 0.183 e. The van der Waals surface area contributed by atoms with E-state index in [9.17, 15) is 0 Å². The van der Waals surface area contributed by atoms with E-state index in [0.717, 1.165) is 23.5 Å². The zero-order chi connectivity index (χ0) is 13.9. The fourth-order valence-electron chi connectivity index (χ4n) is 2.27. The van der Waals surface area contributed by atoms with Crippen molar-refractivity contribution >= 4 is 26.7 Å². The Kier molecular flexibility index (Phi) is 3.65. The molecule has 0 aliphatic heterocycles. The van der Waals surface area contributed by atoms with Crippen molar-refractivity contribution in [2.24, 2.45) is 0 Å². The molecule has 3 aromatic rings. The van der Waals surface area contributed by atoms with Gasteiger partial charge in [-0.15, -0.1) is 0 Å². The molecule has 3 rings (SSSR count). The largest absolute Gasteiger partial charge is 0.365 e. The van der Waals surface area contributed by atoms with Crippen LogP contribution in [-0.4, -0.2) is 17.0 Å². The van der Waals surface area contributed by atoms with Crippen LogP contribution in [0.5, 0.6) is 0 Å². The summed E-state index contributed by atoms with van der Waals surface area (Å²) in [6, 6.07) is 10.6. The Labute approximate surface area is 122 Å². The van der Waals surface area contributed by atoms with Gasteiger partial charge < -0.3 is 5.32 Å². The number of benzene rings is 1. The van der Waals surface area contributed by atoms with Gasteiger partial charge in [0.15, 0.2) is 5.13 Å². The fraction of sp³-hybridized carbons (Fsp3) is 0.250. The SMILES string of the molecule is CNc1nc2ccc(CCc3ncccc3C)cc2s1. The van der Waals surface area contributed by atoms with Gasteiger partial charge in [-0.25, -0.2) is 4.98 Å². The molecule has 0 aliphatic rings. The van der Waals surface area contributed by atoms with Crippen molar-refractivity contribution in [1.82, 2.24) is 9.97 Å². The molecule has 0 bridgehead atoms. The van der Waals surface area contributed by atoms with E-state index >= 15 is 0 Å². The Morgan fingerprint density at radius 3 is 2.90 bits per heavy atom. The monoisotopic (exact) mass is 283 g/mol. The first-order valence-electron chi connectivity index (χ1n) is 6.74. The van der Waals surface area contributed by atoms with Crippen LogP contribution < -0.4 is 5.32 Å². The molecule has 0 spiro atoms. The standard InChI is InChI=1S/C16H17N3S/c1-11-4-3-9-18-13(11)7-5-12-6-8-14-15(10-12)20-16(17-2)19-14/h3-4,6,8-10H,5,7H2,1-2H3,(H,17,19). The lowest BCUT2D eigenvalue weighted by molar-refractivity contribution is 0.902. The normalized spacial score (nSPS) is 10.9. The minimum Gasteiger partial charge on any atom is -0.365 e. The molecular formula is C16H17N3S. The highest BCUT2D eigenvalue weighted by molar-refractivity contribution is 7.22. The second-order valence-corrected chi connectivity index (χ2v) is 5.87. The average molecular weight is 283 g/mol. The van der Waals surface area contributed by atoms with Gasteiger partial charge in [-0.1, -0.05) is 23.5 Å². The van der Waals surface area contributed by atoms with Crippen molar-refractivity contribution in [3.05, 3.63) is 53.3 Å². The number of hydrogen-bond acceptors (Lipinski definition) is 4. The van der Waals surface area contributed by atoms with Crippen LogP contribution in [0.1, 0.15) is 16.8 Å². The van der Waals surface area contributed by atoms with E-state index in [2.05, 4.69) is 46.5 Å². The third kappa shape index (κ3) is 2.65. The van der Waals surface area contributed by atoms with E-state index < -0.39 is 0 Å². The van der Waals surface area contributed by atoms with Crippen LogP contribution in [0.4, 0.5) is 5.13 Å². The minimum atomic E-state index is 0.970. The number of aryl methyl sites for hydroxylation is 3. The molecule has 1 N–H and O–H groups in total. The van der Waals surface area contributed by atoms with E-state index in [-0.39, 0.29) is 0 Å². The van der Waals surface area contributed by atoms with Crippen LogP contribution in [0, 0.1) is 6.92 Å². The summed E-state index contributed by atoms with van der Waals surface area (Å²) in [6.45, 7) is 2.12. The van der Waals surface area contributed by atoms with Gasteiger partial charge in [-0.2, -0.15) is 0 Å². The summed E-state index contributed by atoms with van der Waals surface area (Å²) in [4.78, 5) is 8.95. The molecule has 1 aromatic carbocycles. The smallest absolute Gasteiger partial charge is 0.183 e. The summed E-state index contributed by atoms with van der Waals surface area (Å²) in [6.07, 6.45) is 3.87. The van der Waals surface area contributed by atoms with Gasteiger partial charge in [-0.3, -0.25) is 4.98 Å². The number of aromatic nitrogens is 2. The Hall–Kier alpha value is -1.94. The number of hydrogen-bond donors (Lipinski definition) is 1. The predicted octanol–water partition coefficient (Wildman–Crippen LogP) is 3.83. The van der Waals surface area contributed by atoms with Gasteiger partial charge in [0.25, 0.3) is 0 Å². The maximum atomic E-state index is 4.50. The van der Waals surface area contributed by atoms with Crippen molar-refractivity contribution in [2.75, 3.05) is 12.4 Å². The first kappa shape index (κ1) is 13.1. The highest BCUT2D eigenvalue weighted by Crippen LogP contribution is 2.26. The molecule has 0 saturated heterocycles. The Balaban J connectivity index is 1.79. The van der Waals surface area contributed by atoms with Gasteiger partial charge in [0.1, 0.15) is 0 Å². The van der Waals surface area contributed by atoms with Crippen LogP contribution in [0.25, 0.3) is 10.2 Å². The lowest BCUT2D eigenvalue weighted by atomic mass is 10.1. The summed E-state index contributed by atoms with van der Waals surface area (Å²) in [5.74, 6) is 0. The third-order valence-corrected chi connectivity index (χ3v) is 4.47. The number of thiazole rings is 1. The molecule has 0 saturated carbocycles. The first-order valence-corrected chi connectivity index (χ1v) is 7.55. The predicted molar refractivity (Wildman–Crippen MR) is 85.5 cm³/mol. The van der Waals surface area contributed by atoms with Crippen LogP contribution in [0.2, 0.25) is 0 Å². The molecule has 102 valence electrons. The van der Waals surface area contributed by atoms with Crippen LogP contribution >= 0.6 is 11.3 Å². The Morgan fingerprint density at radius 1 is 1.20 bits per heavy atom. The third-order valence-electron chi connectivity index (χ3n) is 3.44. The summed E-state index contributed by atoms with van der Waals surface area (Å²) < 4.78 is 1.24. The average Bonchev–Trinajstić information content (AvgIpc) is 2.88. The zero-order valence-corrected chi connectivity index (χ0v) is 12.5. The minimum absolute atomic E-state index is 0.970. The molecule has 20 heavy (non-hydrogen) atoms. The van der Waals surface area contributed by atoms with Crippen molar-refractivity contribution in [3.63, 3.8) is 0 Å². The van der Waals surface area contributed by atoms with Gasteiger partial charge in [-0.05, 0) is 49.1 Å². The van der Waals surface area contributed by atoms with E-state index in [4.69, 9.17) is 0 Å². The van der Waals surface area contributed by atoms with Gasteiger partial charge in [0, 0.05) is 18.9 Å². The number of nitrogens with one attached hydrogen (secondary N) is 1. The Bertz CT molecular complexity index is 733. The highest BCUT2D eigenvalue weighted by atomic mass is 32.1. The fourth-order valence-corrected chi connectivity index (χ4v) is 3.16. The van der Waals surface area contributed by atoms with E-state index in [1.165, 1.54) is 21.5 Å². The zero-order valence-electron chi connectivity index (χ0n) is 11.7. The molecule has 0 radical (unpaired) electrons. The molecule has 0 unspecified atom stereocenters. The Morgan fingerprint density at radius 2 is 2.10 bits per heavy atom. The van der Waals surface area contributed by atoms with Crippen molar-refractivity contribution in [1.29, 1.82) is 0 Å². The molecular weight excluding hydrogens is 266 g/mol. The molecule has 0 amide bonds. The quantitative estimate of drug-likeness (QED) is 0.791. The lowest BCUT2D eigenvalue weighted by Crippen LogP contribution is -1.96. The number of fused-ring (bicyclic) bond motifs is 1. The number of pyridine rings is 1. The first-order chi connectivity index (χ1) is 9.76. The molecule has 0 atom stereocenters. The van der Waals surface area contributed by atoms with Crippen LogP contribution in [0.15, 0.2) is 36.5 Å². The van der Waals surface area contributed by atoms with E-state index in [1.807, 2.05) is 19.3 Å². The number of nitrogens with zero attached hydrogens (tertiary/aromatic N) is 2. The second-order valence-electron chi connectivity index (χ2n) is 4.84. The topological polar surface area (TPSA) is 37.8 Å². The van der Waals surface area contributed by atoms with Crippen LogP contribution in [-0.2, 0) is 12.8 Å². The molecule has 2 heterocycles. The highest BCUT2D eigenvalue weighted by Gasteiger charge is 2.05. The van der Waals surface area contributed by atoms with Crippen molar-refractivity contribution < 1.29 is 0 Å². The van der Waals surface area contributed by atoms with E-state index in [0.29, 0.717) is 0 Å². The van der Waals surface area contributed by atoms with Gasteiger partial charge in [0.05, 0.1) is 10.2 Å². The summed E-state index contributed by atoms with van der Waals surface area (Å²) in [7, 11) is 1.91. The molecule has 2 aromatic heterocycles. The number of anilines is 1. The van der Waals surface area contributed by atoms with Gasteiger partial charge >= 0.3 is 0 Å². The molecule has 0 fully saturated rings. The second kappa shape index (κ2) is 5.59. The summed E-state index contributed by atoms with van der Waals surface area (Å²) in [5.41, 5.74) is 4.86. The maximum absolute atomic E-state index is 4.50. The summed E-state index contributed by atoms with van der Waals surface area (Å²) >= 11 is 1.70.